The van der Waals surface area contributed by atoms with Crippen LogP contribution in [-0.4, -0.2) is 36.3 Å². The van der Waals surface area contributed by atoms with E-state index in [4.69, 9.17) is 21.3 Å². The lowest BCUT2D eigenvalue weighted by Crippen LogP contribution is -2.09. The summed E-state index contributed by atoms with van der Waals surface area (Å²) >= 11 is 6.31. The van der Waals surface area contributed by atoms with E-state index in [0.29, 0.717) is 36.0 Å². The minimum absolute atomic E-state index is 0.283. The van der Waals surface area contributed by atoms with Gasteiger partial charge in [-0.2, -0.15) is 15.1 Å². The summed E-state index contributed by atoms with van der Waals surface area (Å²) in [6, 6.07) is 8.26. The minimum Gasteiger partial charge on any atom is -0.463 e. The standard InChI is InChI=1S/C22H22ClN7O/c1-13-20(23)28-22(29-21(13)25-9-14-10-26-30(2)11-14)31-12-15-8-16(15)17-5-6-18-19(27-17)4-3-7-24-18/h3-7,10-11,15-16H,8-9,12H2,1-2H3,(H,25,28,29). The van der Waals surface area contributed by atoms with E-state index in [1.165, 1.54) is 0 Å². The van der Waals surface area contributed by atoms with Crippen molar-refractivity contribution in [2.24, 2.45) is 13.0 Å². The molecule has 2 unspecified atom stereocenters. The first-order valence-electron chi connectivity index (χ1n) is 10.2. The summed E-state index contributed by atoms with van der Waals surface area (Å²) in [7, 11) is 1.89. The largest absolute Gasteiger partial charge is 0.463 e. The van der Waals surface area contributed by atoms with Gasteiger partial charge in [-0.25, -0.2) is 0 Å². The molecule has 2 atom stereocenters. The highest BCUT2D eigenvalue weighted by Gasteiger charge is 2.40. The van der Waals surface area contributed by atoms with Gasteiger partial charge in [-0.1, -0.05) is 11.6 Å². The van der Waals surface area contributed by atoms with Crippen LogP contribution in [0.1, 0.15) is 29.2 Å². The molecule has 1 aliphatic rings. The fourth-order valence-corrected chi connectivity index (χ4v) is 3.77. The van der Waals surface area contributed by atoms with Crippen LogP contribution in [0.5, 0.6) is 6.01 Å². The third-order valence-corrected chi connectivity index (χ3v) is 5.86. The Bertz CT molecular complexity index is 1240. The van der Waals surface area contributed by atoms with Gasteiger partial charge in [0.2, 0.25) is 0 Å². The minimum atomic E-state index is 0.283. The Kier molecular flexibility index (Phi) is 5.15. The molecule has 0 aromatic carbocycles. The van der Waals surface area contributed by atoms with E-state index in [-0.39, 0.29) is 6.01 Å². The quantitative estimate of drug-likeness (QED) is 0.440. The number of ether oxygens (including phenoxy) is 1. The second kappa shape index (κ2) is 8.11. The molecule has 1 N–H and O–H groups in total. The van der Waals surface area contributed by atoms with Crippen molar-refractivity contribution in [1.29, 1.82) is 0 Å². The van der Waals surface area contributed by atoms with Gasteiger partial charge in [-0.05, 0) is 37.6 Å². The lowest BCUT2D eigenvalue weighted by molar-refractivity contribution is 0.274. The zero-order valence-corrected chi connectivity index (χ0v) is 18.0. The van der Waals surface area contributed by atoms with Crippen molar-refractivity contribution >= 4 is 28.5 Å². The van der Waals surface area contributed by atoms with Crippen molar-refractivity contribution in [2.75, 3.05) is 11.9 Å². The number of fused-ring (bicyclic) bond motifs is 1. The molecule has 8 nitrogen and oxygen atoms in total. The van der Waals surface area contributed by atoms with Crippen LogP contribution < -0.4 is 10.1 Å². The molecule has 1 saturated carbocycles. The van der Waals surface area contributed by atoms with Crippen LogP contribution in [-0.2, 0) is 13.6 Å². The number of aryl methyl sites for hydroxylation is 1. The van der Waals surface area contributed by atoms with Gasteiger partial charge in [0.15, 0.2) is 0 Å². The van der Waals surface area contributed by atoms with E-state index < -0.39 is 0 Å². The summed E-state index contributed by atoms with van der Waals surface area (Å²) in [6.07, 6.45) is 6.58. The van der Waals surface area contributed by atoms with Crippen molar-refractivity contribution in [1.82, 2.24) is 29.7 Å². The molecule has 0 radical (unpaired) electrons. The number of rotatable bonds is 7. The third kappa shape index (κ3) is 4.29. The molecule has 0 spiro atoms. The van der Waals surface area contributed by atoms with Crippen LogP contribution in [0, 0.1) is 12.8 Å². The zero-order valence-electron chi connectivity index (χ0n) is 17.3. The molecule has 1 fully saturated rings. The number of nitrogens with zero attached hydrogens (tertiary/aromatic N) is 6. The second-order valence-corrected chi connectivity index (χ2v) is 8.20. The average molecular weight is 436 g/mol. The van der Waals surface area contributed by atoms with Crippen LogP contribution in [0.3, 0.4) is 0 Å². The predicted molar refractivity (Wildman–Crippen MR) is 118 cm³/mol. The molecular formula is C22H22ClN7O. The van der Waals surface area contributed by atoms with Gasteiger partial charge in [-0.15, -0.1) is 0 Å². The van der Waals surface area contributed by atoms with E-state index in [2.05, 4.69) is 31.4 Å². The number of hydrogen-bond acceptors (Lipinski definition) is 7. The van der Waals surface area contributed by atoms with E-state index in [9.17, 15) is 0 Å². The fourth-order valence-electron chi connectivity index (χ4n) is 3.61. The fraction of sp³-hybridized carbons (Fsp3) is 0.318. The lowest BCUT2D eigenvalue weighted by Gasteiger charge is -2.11. The number of nitrogens with one attached hydrogen (secondary N) is 1. The summed E-state index contributed by atoms with van der Waals surface area (Å²) in [5.41, 5.74) is 4.75. The van der Waals surface area contributed by atoms with Gasteiger partial charge in [0.25, 0.3) is 0 Å². The van der Waals surface area contributed by atoms with Crippen molar-refractivity contribution in [3.05, 3.63) is 64.8 Å². The zero-order chi connectivity index (χ0) is 21.4. The highest BCUT2D eigenvalue weighted by Crippen LogP contribution is 2.47. The Morgan fingerprint density at radius 1 is 1.19 bits per heavy atom. The number of anilines is 1. The number of hydrogen-bond donors (Lipinski definition) is 1. The summed E-state index contributed by atoms with van der Waals surface area (Å²) < 4.78 is 7.66. The van der Waals surface area contributed by atoms with E-state index in [1.54, 1.807) is 10.9 Å². The molecule has 9 heteroatoms. The summed E-state index contributed by atoms with van der Waals surface area (Å²) in [4.78, 5) is 17.9. The van der Waals surface area contributed by atoms with E-state index in [0.717, 1.165) is 34.3 Å². The van der Waals surface area contributed by atoms with Gasteiger partial charge >= 0.3 is 6.01 Å². The first-order chi connectivity index (χ1) is 15.1. The highest BCUT2D eigenvalue weighted by molar-refractivity contribution is 6.30. The first-order valence-corrected chi connectivity index (χ1v) is 10.5. The van der Waals surface area contributed by atoms with Gasteiger partial charge in [-0.3, -0.25) is 14.6 Å². The van der Waals surface area contributed by atoms with Crippen molar-refractivity contribution in [3.63, 3.8) is 0 Å². The maximum Gasteiger partial charge on any atom is 0.319 e. The smallest absolute Gasteiger partial charge is 0.319 e. The molecule has 4 aromatic heterocycles. The Labute approximate surface area is 184 Å². The van der Waals surface area contributed by atoms with Crippen molar-refractivity contribution in [3.8, 4) is 6.01 Å². The van der Waals surface area contributed by atoms with Crippen LogP contribution in [0.25, 0.3) is 11.0 Å². The molecule has 5 rings (SSSR count). The van der Waals surface area contributed by atoms with E-state index >= 15 is 0 Å². The van der Waals surface area contributed by atoms with Gasteiger partial charge < -0.3 is 10.1 Å². The normalized spacial score (nSPS) is 17.6. The molecule has 0 amide bonds. The maximum atomic E-state index is 6.31. The monoisotopic (exact) mass is 435 g/mol. The number of pyridine rings is 2. The maximum absolute atomic E-state index is 6.31. The molecule has 4 aromatic rings. The highest BCUT2D eigenvalue weighted by atomic mass is 35.5. The molecule has 0 bridgehead atoms. The molecule has 1 aliphatic carbocycles. The first kappa shape index (κ1) is 19.7. The summed E-state index contributed by atoms with van der Waals surface area (Å²) in [6.45, 7) is 3.00. The van der Waals surface area contributed by atoms with Crippen LogP contribution >= 0.6 is 11.6 Å². The van der Waals surface area contributed by atoms with Crippen LogP contribution in [0.4, 0.5) is 5.82 Å². The summed E-state index contributed by atoms with van der Waals surface area (Å²) in [5.74, 6) is 1.43. The topological polar surface area (TPSA) is 90.6 Å². The average Bonchev–Trinajstić information content (AvgIpc) is 3.44. The third-order valence-electron chi connectivity index (χ3n) is 5.49. The van der Waals surface area contributed by atoms with Crippen molar-refractivity contribution in [2.45, 2.75) is 25.8 Å². The SMILES string of the molecule is Cc1c(Cl)nc(OCC2CC2c2ccc3ncccc3n2)nc1NCc1cnn(C)c1. The predicted octanol–water partition coefficient (Wildman–Crippen LogP) is 3.91. The molecule has 0 aliphatic heterocycles. The van der Waals surface area contributed by atoms with Crippen LogP contribution in [0.15, 0.2) is 42.9 Å². The van der Waals surface area contributed by atoms with Crippen molar-refractivity contribution < 1.29 is 4.74 Å². The summed E-state index contributed by atoms with van der Waals surface area (Å²) in [5, 5.41) is 7.85. The van der Waals surface area contributed by atoms with E-state index in [1.807, 2.05) is 44.6 Å². The molecule has 31 heavy (non-hydrogen) atoms. The van der Waals surface area contributed by atoms with Gasteiger partial charge in [0.05, 0.1) is 23.8 Å². The molecular weight excluding hydrogens is 414 g/mol. The number of aromatic nitrogens is 6. The molecule has 4 heterocycles. The Morgan fingerprint density at radius 2 is 2.10 bits per heavy atom. The Balaban J connectivity index is 1.22. The molecule has 0 saturated heterocycles. The van der Waals surface area contributed by atoms with Gasteiger partial charge in [0.1, 0.15) is 11.0 Å². The second-order valence-electron chi connectivity index (χ2n) is 7.84. The van der Waals surface area contributed by atoms with Gasteiger partial charge in [0, 0.05) is 54.6 Å². The van der Waals surface area contributed by atoms with Crippen LogP contribution in [0.2, 0.25) is 5.15 Å². The lowest BCUT2D eigenvalue weighted by atomic mass is 10.2. The molecule has 158 valence electrons. The number of halogens is 1. The Hall–Kier alpha value is -3.26. The Morgan fingerprint density at radius 3 is 2.94 bits per heavy atom.